The first kappa shape index (κ1) is 13.5. The van der Waals surface area contributed by atoms with Crippen molar-refractivity contribution >= 4 is 0 Å². The molecule has 100 valence electrons. The van der Waals surface area contributed by atoms with E-state index in [1.807, 2.05) is 6.92 Å². The summed E-state index contributed by atoms with van der Waals surface area (Å²) in [6.45, 7) is 2.66. The number of hydrazine groups is 1. The van der Waals surface area contributed by atoms with E-state index >= 15 is 0 Å². The highest BCUT2D eigenvalue weighted by Crippen LogP contribution is 2.42. The molecule has 1 unspecified atom stereocenters. The van der Waals surface area contributed by atoms with E-state index < -0.39 is 0 Å². The average Bonchev–Trinajstić information content (AvgIpc) is 2.82. The SMILES string of the molecule is CCOC1(C(NN)c2ccc(F)cc2)CCCC1. The Morgan fingerprint density at radius 1 is 1.33 bits per heavy atom. The van der Waals surface area contributed by atoms with E-state index in [-0.39, 0.29) is 17.5 Å². The van der Waals surface area contributed by atoms with Crippen LogP contribution in [0.3, 0.4) is 0 Å². The molecule has 0 aromatic heterocycles. The van der Waals surface area contributed by atoms with Gasteiger partial charge >= 0.3 is 0 Å². The highest BCUT2D eigenvalue weighted by Gasteiger charge is 2.42. The van der Waals surface area contributed by atoms with Gasteiger partial charge in [-0.15, -0.1) is 0 Å². The minimum Gasteiger partial charge on any atom is -0.373 e. The summed E-state index contributed by atoms with van der Waals surface area (Å²) in [5.74, 6) is 5.48. The highest BCUT2D eigenvalue weighted by molar-refractivity contribution is 5.23. The van der Waals surface area contributed by atoms with Crippen molar-refractivity contribution in [1.29, 1.82) is 0 Å². The molecule has 1 aromatic rings. The number of hydrogen-bond donors (Lipinski definition) is 2. The van der Waals surface area contributed by atoms with Gasteiger partial charge in [0, 0.05) is 6.61 Å². The van der Waals surface area contributed by atoms with Gasteiger partial charge in [-0.2, -0.15) is 0 Å². The van der Waals surface area contributed by atoms with Crippen molar-refractivity contribution in [2.24, 2.45) is 5.84 Å². The Labute approximate surface area is 107 Å². The smallest absolute Gasteiger partial charge is 0.123 e. The summed E-state index contributed by atoms with van der Waals surface area (Å²) in [5, 5.41) is 0. The predicted octanol–water partition coefficient (Wildman–Crippen LogP) is 2.68. The fourth-order valence-corrected chi connectivity index (χ4v) is 2.98. The summed E-state index contributed by atoms with van der Waals surface area (Å²) in [7, 11) is 0. The van der Waals surface area contributed by atoms with Gasteiger partial charge in [0.2, 0.25) is 0 Å². The third kappa shape index (κ3) is 2.55. The van der Waals surface area contributed by atoms with Crippen LogP contribution >= 0.6 is 0 Å². The number of halogens is 1. The molecule has 18 heavy (non-hydrogen) atoms. The summed E-state index contributed by atoms with van der Waals surface area (Å²) < 4.78 is 19.0. The molecule has 0 aliphatic heterocycles. The second-order valence-corrected chi connectivity index (χ2v) is 4.86. The van der Waals surface area contributed by atoms with Crippen molar-refractivity contribution in [3.05, 3.63) is 35.6 Å². The monoisotopic (exact) mass is 252 g/mol. The highest BCUT2D eigenvalue weighted by atomic mass is 19.1. The van der Waals surface area contributed by atoms with E-state index in [4.69, 9.17) is 10.6 Å². The first-order chi connectivity index (χ1) is 8.72. The molecule has 1 fully saturated rings. The zero-order chi connectivity index (χ0) is 13.0. The van der Waals surface area contributed by atoms with Crippen molar-refractivity contribution in [2.45, 2.75) is 44.2 Å². The number of nitrogens with two attached hydrogens (primary N) is 1. The Bertz CT molecular complexity index is 374. The largest absolute Gasteiger partial charge is 0.373 e. The van der Waals surface area contributed by atoms with Crippen LogP contribution in [0.1, 0.15) is 44.2 Å². The first-order valence-electron chi connectivity index (χ1n) is 6.57. The topological polar surface area (TPSA) is 47.3 Å². The van der Waals surface area contributed by atoms with Gasteiger partial charge in [-0.05, 0) is 37.5 Å². The lowest BCUT2D eigenvalue weighted by Gasteiger charge is -2.37. The van der Waals surface area contributed by atoms with Crippen molar-refractivity contribution in [3.63, 3.8) is 0 Å². The molecule has 4 heteroatoms. The number of benzene rings is 1. The molecule has 0 amide bonds. The van der Waals surface area contributed by atoms with Crippen LogP contribution in [0.5, 0.6) is 0 Å². The summed E-state index contributed by atoms with van der Waals surface area (Å²) in [6, 6.07) is 6.40. The number of nitrogens with one attached hydrogen (secondary N) is 1. The van der Waals surface area contributed by atoms with Crippen LogP contribution in [0.15, 0.2) is 24.3 Å². The molecule has 0 bridgehead atoms. The summed E-state index contributed by atoms with van der Waals surface area (Å²) >= 11 is 0. The minimum absolute atomic E-state index is 0.0828. The third-order valence-electron chi connectivity index (χ3n) is 3.78. The fraction of sp³-hybridized carbons (Fsp3) is 0.571. The molecule has 1 aliphatic carbocycles. The van der Waals surface area contributed by atoms with E-state index in [9.17, 15) is 4.39 Å². The van der Waals surface area contributed by atoms with Crippen LogP contribution in [0, 0.1) is 5.82 Å². The Morgan fingerprint density at radius 3 is 2.44 bits per heavy atom. The molecule has 0 spiro atoms. The second kappa shape index (κ2) is 5.78. The van der Waals surface area contributed by atoms with Gasteiger partial charge in [-0.1, -0.05) is 25.0 Å². The lowest BCUT2D eigenvalue weighted by Crippen LogP contribution is -2.46. The van der Waals surface area contributed by atoms with Crippen molar-refractivity contribution in [2.75, 3.05) is 6.61 Å². The van der Waals surface area contributed by atoms with E-state index in [0.29, 0.717) is 6.61 Å². The maximum absolute atomic E-state index is 13.0. The van der Waals surface area contributed by atoms with Crippen LogP contribution < -0.4 is 11.3 Å². The molecule has 0 radical (unpaired) electrons. The second-order valence-electron chi connectivity index (χ2n) is 4.86. The van der Waals surface area contributed by atoms with Crippen LogP contribution in [-0.2, 0) is 4.74 Å². The lowest BCUT2D eigenvalue weighted by atomic mass is 9.87. The van der Waals surface area contributed by atoms with Crippen LogP contribution in [0.25, 0.3) is 0 Å². The molecule has 1 atom stereocenters. The molecule has 3 N–H and O–H groups in total. The molecular weight excluding hydrogens is 231 g/mol. The van der Waals surface area contributed by atoms with Crippen LogP contribution in [-0.4, -0.2) is 12.2 Å². The summed E-state index contributed by atoms with van der Waals surface area (Å²) in [5.41, 5.74) is 3.59. The van der Waals surface area contributed by atoms with Crippen LogP contribution in [0.4, 0.5) is 4.39 Å². The minimum atomic E-state index is -0.249. The summed E-state index contributed by atoms with van der Waals surface area (Å²) in [6.07, 6.45) is 4.29. The molecule has 3 nitrogen and oxygen atoms in total. The van der Waals surface area contributed by atoms with E-state index in [1.54, 1.807) is 12.1 Å². The van der Waals surface area contributed by atoms with Gasteiger partial charge in [0.25, 0.3) is 0 Å². The van der Waals surface area contributed by atoms with Gasteiger partial charge < -0.3 is 4.74 Å². The zero-order valence-corrected chi connectivity index (χ0v) is 10.8. The van der Waals surface area contributed by atoms with Gasteiger partial charge in [0.15, 0.2) is 0 Å². The van der Waals surface area contributed by atoms with Crippen LogP contribution in [0.2, 0.25) is 0 Å². The Kier molecular flexibility index (Phi) is 4.32. The van der Waals surface area contributed by atoms with Crippen molar-refractivity contribution in [3.8, 4) is 0 Å². The first-order valence-corrected chi connectivity index (χ1v) is 6.57. The zero-order valence-electron chi connectivity index (χ0n) is 10.8. The summed E-state index contributed by atoms with van der Waals surface area (Å²) in [4.78, 5) is 0. The molecule has 1 aromatic carbocycles. The Hall–Kier alpha value is -0.970. The molecule has 2 rings (SSSR count). The molecule has 0 saturated heterocycles. The molecule has 1 saturated carbocycles. The fourth-order valence-electron chi connectivity index (χ4n) is 2.98. The number of ether oxygens (including phenoxy) is 1. The normalized spacial score (nSPS) is 19.9. The Balaban J connectivity index is 2.27. The molecular formula is C14H21FN2O. The molecule has 0 heterocycles. The lowest BCUT2D eigenvalue weighted by molar-refractivity contribution is -0.0627. The van der Waals surface area contributed by atoms with Crippen molar-refractivity contribution in [1.82, 2.24) is 5.43 Å². The van der Waals surface area contributed by atoms with E-state index in [2.05, 4.69) is 5.43 Å². The molecule has 1 aliphatic rings. The van der Waals surface area contributed by atoms with Crippen molar-refractivity contribution < 1.29 is 9.13 Å². The predicted molar refractivity (Wildman–Crippen MR) is 69.3 cm³/mol. The van der Waals surface area contributed by atoms with E-state index in [1.165, 1.54) is 12.1 Å². The van der Waals surface area contributed by atoms with Gasteiger partial charge in [-0.25, -0.2) is 4.39 Å². The Morgan fingerprint density at radius 2 is 1.94 bits per heavy atom. The maximum Gasteiger partial charge on any atom is 0.123 e. The third-order valence-corrected chi connectivity index (χ3v) is 3.78. The number of hydrogen-bond acceptors (Lipinski definition) is 3. The van der Waals surface area contributed by atoms with Gasteiger partial charge in [0.05, 0.1) is 11.6 Å². The van der Waals surface area contributed by atoms with E-state index in [0.717, 1.165) is 31.2 Å². The standard InChI is InChI=1S/C14H21FN2O/c1-2-18-14(9-3-4-10-14)13(17-16)11-5-7-12(15)8-6-11/h5-8,13,17H,2-4,9-10,16H2,1H3. The van der Waals surface area contributed by atoms with Gasteiger partial charge in [0.1, 0.15) is 5.82 Å². The quantitative estimate of drug-likeness (QED) is 0.625. The average molecular weight is 252 g/mol. The maximum atomic E-state index is 13.0. The number of rotatable bonds is 5. The van der Waals surface area contributed by atoms with Gasteiger partial charge in [-0.3, -0.25) is 11.3 Å².